The zero-order valence-corrected chi connectivity index (χ0v) is 13.4. The van der Waals surface area contributed by atoms with Crippen molar-refractivity contribution in [3.05, 3.63) is 26.3 Å². The van der Waals surface area contributed by atoms with Crippen molar-refractivity contribution in [2.45, 2.75) is 18.1 Å². The zero-order valence-electron chi connectivity index (χ0n) is 9.41. The van der Waals surface area contributed by atoms with Gasteiger partial charge in [-0.05, 0) is 35.8 Å². The van der Waals surface area contributed by atoms with Gasteiger partial charge in [-0.25, -0.2) is 8.42 Å². The van der Waals surface area contributed by atoms with E-state index in [1.807, 2.05) is 0 Å². The molecule has 2 rings (SSSR count). The van der Waals surface area contributed by atoms with E-state index in [0.29, 0.717) is 25.9 Å². The molecule has 0 saturated heterocycles. The van der Waals surface area contributed by atoms with Crippen LogP contribution >= 0.6 is 38.9 Å². The highest BCUT2D eigenvalue weighted by atomic mass is 79.9. The van der Waals surface area contributed by atoms with Crippen molar-refractivity contribution in [2.24, 2.45) is 0 Å². The second-order valence-electron chi connectivity index (χ2n) is 3.60. The van der Waals surface area contributed by atoms with E-state index in [-0.39, 0.29) is 4.21 Å². The van der Waals surface area contributed by atoms with Crippen molar-refractivity contribution in [1.29, 1.82) is 0 Å². The van der Waals surface area contributed by atoms with Crippen LogP contribution in [0.4, 0.5) is 5.69 Å². The van der Waals surface area contributed by atoms with E-state index in [4.69, 9.17) is 11.6 Å². The van der Waals surface area contributed by atoms with Gasteiger partial charge < -0.3 is 0 Å². The number of H-pyrrole nitrogens is 1. The molecule has 0 aliphatic carbocycles. The molecular weight excluding hydrogens is 362 g/mol. The van der Waals surface area contributed by atoms with Gasteiger partial charge in [-0.2, -0.15) is 5.10 Å². The molecule has 98 valence electrons. The number of thiophene rings is 1. The molecule has 0 aromatic carbocycles. The molecule has 0 amide bonds. The van der Waals surface area contributed by atoms with E-state index in [1.54, 1.807) is 13.8 Å². The molecule has 2 heterocycles. The summed E-state index contributed by atoms with van der Waals surface area (Å²) in [7, 11) is -3.64. The first-order valence-corrected chi connectivity index (χ1v) is 8.27. The van der Waals surface area contributed by atoms with Gasteiger partial charge in [0.05, 0.1) is 25.9 Å². The Balaban J connectivity index is 2.39. The molecule has 0 saturated carbocycles. The van der Waals surface area contributed by atoms with Crippen LogP contribution in [0.3, 0.4) is 0 Å². The van der Waals surface area contributed by atoms with Gasteiger partial charge in [0.2, 0.25) is 0 Å². The van der Waals surface area contributed by atoms with Crippen molar-refractivity contribution < 1.29 is 8.42 Å². The summed E-state index contributed by atoms with van der Waals surface area (Å²) in [6, 6.07) is 1.41. The minimum absolute atomic E-state index is 0.152. The maximum atomic E-state index is 12.1. The SMILES string of the molecule is Cc1n[nH]c(C)c1NS(=O)(=O)c1cc(Cl)c(Br)s1. The average molecular weight is 371 g/mol. The number of aromatic amines is 1. The number of nitrogens with one attached hydrogen (secondary N) is 2. The first-order valence-electron chi connectivity index (χ1n) is 4.80. The van der Waals surface area contributed by atoms with Crippen LogP contribution in [0.1, 0.15) is 11.4 Å². The van der Waals surface area contributed by atoms with Crippen LogP contribution in [0.2, 0.25) is 5.02 Å². The van der Waals surface area contributed by atoms with E-state index in [1.165, 1.54) is 6.07 Å². The molecule has 0 atom stereocenters. The lowest BCUT2D eigenvalue weighted by Gasteiger charge is -2.05. The summed E-state index contributed by atoms with van der Waals surface area (Å²) < 4.78 is 27.5. The Morgan fingerprint density at radius 3 is 2.61 bits per heavy atom. The van der Waals surface area contributed by atoms with Crippen LogP contribution < -0.4 is 4.72 Å². The molecule has 0 fully saturated rings. The third kappa shape index (κ3) is 2.56. The van der Waals surface area contributed by atoms with Gasteiger partial charge in [-0.15, -0.1) is 11.3 Å². The van der Waals surface area contributed by atoms with Crippen molar-refractivity contribution >= 4 is 54.6 Å². The number of anilines is 1. The normalized spacial score (nSPS) is 11.8. The fourth-order valence-corrected chi connectivity index (χ4v) is 4.93. The van der Waals surface area contributed by atoms with E-state index >= 15 is 0 Å². The maximum absolute atomic E-state index is 12.1. The van der Waals surface area contributed by atoms with E-state index in [9.17, 15) is 8.42 Å². The molecular formula is C9H9BrClN3O2S2. The van der Waals surface area contributed by atoms with Crippen LogP contribution in [0.15, 0.2) is 14.1 Å². The Bertz CT molecular complexity index is 654. The Labute approximate surface area is 122 Å². The number of rotatable bonds is 3. The smallest absolute Gasteiger partial charge is 0.271 e. The molecule has 18 heavy (non-hydrogen) atoms. The lowest BCUT2D eigenvalue weighted by molar-refractivity contribution is 0.603. The summed E-state index contributed by atoms with van der Waals surface area (Å²) in [5.41, 5.74) is 1.73. The van der Waals surface area contributed by atoms with Gasteiger partial charge in [0, 0.05) is 0 Å². The zero-order chi connectivity index (χ0) is 13.5. The average Bonchev–Trinajstić information content (AvgIpc) is 2.77. The molecule has 2 aromatic heterocycles. The van der Waals surface area contributed by atoms with E-state index in [0.717, 1.165) is 11.3 Å². The number of aryl methyl sites for hydroxylation is 2. The first-order chi connectivity index (χ1) is 8.31. The Hall–Kier alpha value is -0.570. The summed E-state index contributed by atoms with van der Waals surface area (Å²) >= 11 is 10.1. The summed E-state index contributed by atoms with van der Waals surface area (Å²) in [5, 5.41) is 7.03. The summed E-state index contributed by atoms with van der Waals surface area (Å²) in [4.78, 5) is 0. The minimum atomic E-state index is -3.64. The third-order valence-electron chi connectivity index (χ3n) is 2.25. The first kappa shape index (κ1) is 13.9. The van der Waals surface area contributed by atoms with Crippen molar-refractivity contribution in [1.82, 2.24) is 10.2 Å². The van der Waals surface area contributed by atoms with Crippen LogP contribution in [-0.4, -0.2) is 18.6 Å². The topological polar surface area (TPSA) is 74.8 Å². The van der Waals surface area contributed by atoms with Gasteiger partial charge in [-0.3, -0.25) is 9.82 Å². The Morgan fingerprint density at radius 1 is 1.50 bits per heavy atom. The number of halogens is 2. The number of hydrogen-bond acceptors (Lipinski definition) is 4. The highest BCUT2D eigenvalue weighted by Gasteiger charge is 2.21. The minimum Gasteiger partial charge on any atom is -0.280 e. The number of hydrogen-bond donors (Lipinski definition) is 2. The van der Waals surface area contributed by atoms with Crippen LogP contribution in [0.5, 0.6) is 0 Å². The Morgan fingerprint density at radius 2 is 2.17 bits per heavy atom. The molecule has 9 heteroatoms. The summed E-state index contributed by atoms with van der Waals surface area (Å²) in [5.74, 6) is 0. The van der Waals surface area contributed by atoms with Gasteiger partial charge in [0.25, 0.3) is 10.0 Å². The van der Waals surface area contributed by atoms with Crippen molar-refractivity contribution in [3.8, 4) is 0 Å². The number of aromatic nitrogens is 2. The van der Waals surface area contributed by atoms with E-state index in [2.05, 4.69) is 30.8 Å². The van der Waals surface area contributed by atoms with Gasteiger partial charge in [0.1, 0.15) is 4.21 Å². The molecule has 0 spiro atoms. The standard InChI is InChI=1S/C9H9BrClN3O2S2/c1-4-8(5(2)13-12-4)14-18(15,16)7-3-6(11)9(10)17-7/h3,14H,1-2H3,(H,12,13). The molecule has 2 aromatic rings. The predicted molar refractivity (Wildman–Crippen MR) is 75.9 cm³/mol. The second-order valence-corrected chi connectivity index (χ2v) is 8.29. The predicted octanol–water partition coefficient (Wildman–Crippen LogP) is 3.30. The quantitative estimate of drug-likeness (QED) is 0.870. The summed E-state index contributed by atoms with van der Waals surface area (Å²) in [6.07, 6.45) is 0. The fraction of sp³-hybridized carbons (Fsp3) is 0.222. The highest BCUT2D eigenvalue weighted by molar-refractivity contribution is 9.11. The lowest BCUT2D eigenvalue weighted by Crippen LogP contribution is -2.12. The van der Waals surface area contributed by atoms with Gasteiger partial charge in [-0.1, -0.05) is 11.6 Å². The molecule has 0 aliphatic heterocycles. The highest BCUT2D eigenvalue weighted by Crippen LogP contribution is 2.35. The monoisotopic (exact) mass is 369 g/mol. The molecule has 0 aliphatic rings. The van der Waals surface area contributed by atoms with Crippen molar-refractivity contribution in [3.63, 3.8) is 0 Å². The lowest BCUT2D eigenvalue weighted by atomic mass is 10.3. The van der Waals surface area contributed by atoms with Gasteiger partial charge >= 0.3 is 0 Å². The maximum Gasteiger partial charge on any atom is 0.271 e. The molecule has 0 radical (unpaired) electrons. The molecule has 0 unspecified atom stereocenters. The van der Waals surface area contributed by atoms with Gasteiger partial charge in [0.15, 0.2) is 0 Å². The summed E-state index contributed by atoms with van der Waals surface area (Å²) in [6.45, 7) is 3.47. The van der Waals surface area contributed by atoms with Crippen LogP contribution in [0.25, 0.3) is 0 Å². The fourth-order valence-electron chi connectivity index (χ4n) is 1.35. The van der Waals surface area contributed by atoms with E-state index < -0.39 is 10.0 Å². The Kier molecular flexibility index (Phi) is 3.72. The third-order valence-corrected chi connectivity index (χ3v) is 6.55. The van der Waals surface area contributed by atoms with Crippen LogP contribution in [-0.2, 0) is 10.0 Å². The molecule has 5 nitrogen and oxygen atoms in total. The number of sulfonamides is 1. The molecule has 2 N–H and O–H groups in total. The largest absolute Gasteiger partial charge is 0.280 e. The second kappa shape index (κ2) is 4.84. The molecule has 0 bridgehead atoms. The van der Waals surface area contributed by atoms with Crippen LogP contribution in [0, 0.1) is 13.8 Å². The van der Waals surface area contributed by atoms with Crippen molar-refractivity contribution in [2.75, 3.05) is 4.72 Å². The number of nitrogens with zero attached hydrogens (tertiary/aromatic N) is 1.